The van der Waals surface area contributed by atoms with Crippen LogP contribution in [0.1, 0.15) is 19.3 Å². The van der Waals surface area contributed by atoms with Crippen molar-refractivity contribution < 1.29 is 0 Å². The Kier molecular flexibility index (Phi) is 2.46. The summed E-state index contributed by atoms with van der Waals surface area (Å²) >= 11 is 0. The van der Waals surface area contributed by atoms with E-state index in [2.05, 4.69) is 12.1 Å². The van der Waals surface area contributed by atoms with Crippen LogP contribution in [-0.4, -0.2) is 6.04 Å². The molecule has 11 heavy (non-hydrogen) atoms. The van der Waals surface area contributed by atoms with Crippen LogP contribution in [0, 0.1) is 34.5 Å². The van der Waals surface area contributed by atoms with Crippen LogP contribution in [0.3, 0.4) is 0 Å². The minimum absolute atomic E-state index is 0.00315. The normalized spacial score (nSPS) is 37.2. The van der Waals surface area contributed by atoms with Crippen LogP contribution < -0.4 is 5.73 Å². The first-order valence-corrected chi connectivity index (χ1v) is 3.81. The number of nitrogens with two attached hydrogens (primary N) is 1. The molecule has 3 heteroatoms. The van der Waals surface area contributed by atoms with Gasteiger partial charge in [-0.05, 0) is 19.3 Å². The maximum atomic E-state index is 8.61. The van der Waals surface area contributed by atoms with Crippen molar-refractivity contribution in [2.24, 2.45) is 17.6 Å². The third-order valence-electron chi connectivity index (χ3n) is 2.11. The SMILES string of the molecule is N#CC1CC(N)CC(C#N)C1. The van der Waals surface area contributed by atoms with E-state index in [-0.39, 0.29) is 17.9 Å². The van der Waals surface area contributed by atoms with Gasteiger partial charge in [-0.25, -0.2) is 0 Å². The van der Waals surface area contributed by atoms with E-state index in [9.17, 15) is 0 Å². The second kappa shape index (κ2) is 3.37. The van der Waals surface area contributed by atoms with E-state index in [4.69, 9.17) is 16.3 Å². The summed E-state index contributed by atoms with van der Waals surface area (Å²) in [6.07, 6.45) is 2.23. The molecule has 0 saturated heterocycles. The molecule has 2 atom stereocenters. The Morgan fingerprint density at radius 2 is 1.45 bits per heavy atom. The zero-order chi connectivity index (χ0) is 8.27. The van der Waals surface area contributed by atoms with E-state index in [0.29, 0.717) is 6.42 Å². The Hall–Kier alpha value is -1.06. The zero-order valence-corrected chi connectivity index (χ0v) is 6.33. The number of nitrogens with zero attached hydrogens (tertiary/aromatic N) is 2. The molecule has 58 valence electrons. The van der Waals surface area contributed by atoms with Crippen LogP contribution in [0.5, 0.6) is 0 Å². The van der Waals surface area contributed by atoms with Crippen molar-refractivity contribution in [2.75, 3.05) is 0 Å². The highest BCUT2D eigenvalue weighted by atomic mass is 14.6. The Labute approximate surface area is 66.4 Å². The Morgan fingerprint density at radius 1 is 1.00 bits per heavy atom. The van der Waals surface area contributed by atoms with Crippen LogP contribution in [0.15, 0.2) is 0 Å². The largest absolute Gasteiger partial charge is 0.328 e. The number of nitriles is 2. The minimum atomic E-state index is 0.00315. The maximum absolute atomic E-state index is 8.61. The predicted octanol–water partition coefficient (Wildman–Crippen LogP) is 0.777. The van der Waals surface area contributed by atoms with E-state index in [1.165, 1.54) is 0 Å². The van der Waals surface area contributed by atoms with Gasteiger partial charge < -0.3 is 5.73 Å². The van der Waals surface area contributed by atoms with Crippen molar-refractivity contribution in [3.63, 3.8) is 0 Å². The van der Waals surface area contributed by atoms with Crippen molar-refractivity contribution >= 4 is 0 Å². The molecular formula is C8H11N3. The van der Waals surface area contributed by atoms with Crippen molar-refractivity contribution in [3.05, 3.63) is 0 Å². The maximum Gasteiger partial charge on any atom is 0.0656 e. The van der Waals surface area contributed by atoms with Gasteiger partial charge in [-0.2, -0.15) is 10.5 Å². The first kappa shape index (κ1) is 8.04. The van der Waals surface area contributed by atoms with Gasteiger partial charge in [0.2, 0.25) is 0 Å². The second-order valence-corrected chi connectivity index (χ2v) is 3.12. The molecule has 0 aromatic carbocycles. The molecule has 1 aliphatic rings. The number of rotatable bonds is 0. The highest BCUT2D eigenvalue weighted by molar-refractivity contribution is 4.98. The van der Waals surface area contributed by atoms with Gasteiger partial charge in [0.05, 0.1) is 12.1 Å². The van der Waals surface area contributed by atoms with Crippen LogP contribution >= 0.6 is 0 Å². The van der Waals surface area contributed by atoms with Gasteiger partial charge in [-0.1, -0.05) is 0 Å². The summed E-state index contributed by atoms with van der Waals surface area (Å²) in [5, 5.41) is 17.2. The standard InChI is InChI=1S/C8H11N3/c9-4-6-1-7(5-10)3-8(11)2-6/h6-8H,1-3,11H2. The lowest BCUT2D eigenvalue weighted by Crippen LogP contribution is -2.31. The average Bonchev–Trinajstić information content (AvgIpc) is 2.03. The van der Waals surface area contributed by atoms with Gasteiger partial charge in [-0.3, -0.25) is 0 Å². The van der Waals surface area contributed by atoms with E-state index in [1.807, 2.05) is 0 Å². The third-order valence-corrected chi connectivity index (χ3v) is 2.11. The fourth-order valence-corrected chi connectivity index (χ4v) is 1.57. The average molecular weight is 149 g/mol. The quantitative estimate of drug-likeness (QED) is 0.553. The molecule has 3 nitrogen and oxygen atoms in total. The molecule has 0 heterocycles. The van der Waals surface area contributed by atoms with Gasteiger partial charge in [0.15, 0.2) is 0 Å². The van der Waals surface area contributed by atoms with E-state index in [0.717, 1.165) is 12.8 Å². The van der Waals surface area contributed by atoms with Crippen LogP contribution in [0.2, 0.25) is 0 Å². The summed E-state index contributed by atoms with van der Waals surface area (Å²) in [6, 6.07) is 4.39. The van der Waals surface area contributed by atoms with Gasteiger partial charge in [0.1, 0.15) is 0 Å². The molecule has 0 aromatic heterocycles. The first-order chi connectivity index (χ1) is 5.26. The monoisotopic (exact) mass is 149 g/mol. The Morgan fingerprint density at radius 3 is 1.82 bits per heavy atom. The minimum Gasteiger partial charge on any atom is -0.328 e. The van der Waals surface area contributed by atoms with E-state index in [1.54, 1.807) is 0 Å². The summed E-state index contributed by atoms with van der Waals surface area (Å²) < 4.78 is 0. The Bertz CT molecular complexity index is 188. The summed E-state index contributed by atoms with van der Waals surface area (Å²) in [5.41, 5.74) is 5.66. The molecular weight excluding hydrogens is 138 g/mol. The molecule has 0 aromatic rings. The van der Waals surface area contributed by atoms with Gasteiger partial charge in [0.25, 0.3) is 0 Å². The lowest BCUT2D eigenvalue weighted by molar-refractivity contribution is 0.325. The summed E-state index contributed by atoms with van der Waals surface area (Å²) in [4.78, 5) is 0. The molecule has 0 aliphatic heterocycles. The van der Waals surface area contributed by atoms with Crippen LogP contribution in [-0.2, 0) is 0 Å². The Balaban J connectivity index is 2.54. The topological polar surface area (TPSA) is 73.6 Å². The molecule has 0 spiro atoms. The highest BCUT2D eigenvalue weighted by Gasteiger charge is 2.26. The smallest absolute Gasteiger partial charge is 0.0656 e. The summed E-state index contributed by atoms with van der Waals surface area (Å²) in [7, 11) is 0. The highest BCUT2D eigenvalue weighted by Crippen LogP contribution is 2.27. The molecule has 1 fully saturated rings. The van der Waals surface area contributed by atoms with Crippen molar-refractivity contribution in [1.29, 1.82) is 10.5 Å². The van der Waals surface area contributed by atoms with Gasteiger partial charge in [-0.15, -0.1) is 0 Å². The zero-order valence-electron chi connectivity index (χ0n) is 6.33. The van der Waals surface area contributed by atoms with Crippen molar-refractivity contribution in [2.45, 2.75) is 25.3 Å². The number of hydrogen-bond acceptors (Lipinski definition) is 3. The summed E-state index contributed by atoms with van der Waals surface area (Å²) in [6.45, 7) is 0. The van der Waals surface area contributed by atoms with Crippen molar-refractivity contribution in [3.8, 4) is 12.1 Å². The lowest BCUT2D eigenvalue weighted by Gasteiger charge is -2.25. The molecule has 1 rings (SSSR count). The molecule has 0 radical (unpaired) electrons. The van der Waals surface area contributed by atoms with Crippen molar-refractivity contribution in [1.82, 2.24) is 0 Å². The molecule has 0 amide bonds. The van der Waals surface area contributed by atoms with E-state index >= 15 is 0 Å². The summed E-state index contributed by atoms with van der Waals surface area (Å²) in [5.74, 6) is 0.00630. The molecule has 1 aliphatic carbocycles. The van der Waals surface area contributed by atoms with Gasteiger partial charge in [0, 0.05) is 17.9 Å². The second-order valence-electron chi connectivity index (χ2n) is 3.12. The fraction of sp³-hybridized carbons (Fsp3) is 0.750. The molecule has 2 unspecified atom stereocenters. The molecule has 2 N–H and O–H groups in total. The van der Waals surface area contributed by atoms with Crippen LogP contribution in [0.4, 0.5) is 0 Å². The van der Waals surface area contributed by atoms with E-state index < -0.39 is 0 Å². The third kappa shape index (κ3) is 1.93. The molecule has 1 saturated carbocycles. The number of hydrogen-bond donors (Lipinski definition) is 1. The first-order valence-electron chi connectivity index (χ1n) is 3.81. The predicted molar refractivity (Wildman–Crippen MR) is 40.0 cm³/mol. The van der Waals surface area contributed by atoms with Crippen LogP contribution in [0.25, 0.3) is 0 Å². The lowest BCUT2D eigenvalue weighted by atomic mass is 9.80. The molecule has 0 bridgehead atoms. The van der Waals surface area contributed by atoms with Gasteiger partial charge >= 0.3 is 0 Å². The fourth-order valence-electron chi connectivity index (χ4n) is 1.57.